The number of aliphatic hydroxyl groups excluding tert-OH is 1. The molecule has 0 aromatic carbocycles. The fraction of sp³-hybridized carbons (Fsp3) is 0.636. The Bertz CT molecular complexity index is 280. The standard InChI is InChI=1S/C11H19N3O2/c1-10(2)14(6-8-16-9-7-15)11-12-4-3-5-13-11/h3-5,10,15H,6-9H2,1-2H3. The minimum absolute atomic E-state index is 0.0590. The van der Waals surface area contributed by atoms with Crippen molar-refractivity contribution in [3.63, 3.8) is 0 Å². The molecule has 1 aromatic heterocycles. The molecular weight excluding hydrogens is 206 g/mol. The fourth-order valence-corrected chi connectivity index (χ4v) is 1.36. The zero-order valence-electron chi connectivity index (χ0n) is 9.83. The highest BCUT2D eigenvalue weighted by Crippen LogP contribution is 2.08. The van der Waals surface area contributed by atoms with Gasteiger partial charge in [0.2, 0.25) is 5.95 Å². The first kappa shape index (κ1) is 12.9. The third kappa shape index (κ3) is 4.12. The molecule has 1 heterocycles. The minimum atomic E-state index is 0.0590. The zero-order chi connectivity index (χ0) is 11.8. The minimum Gasteiger partial charge on any atom is -0.394 e. The summed E-state index contributed by atoms with van der Waals surface area (Å²) in [4.78, 5) is 10.5. The number of anilines is 1. The van der Waals surface area contributed by atoms with Gasteiger partial charge < -0.3 is 14.7 Å². The van der Waals surface area contributed by atoms with Crippen LogP contribution >= 0.6 is 0 Å². The summed E-state index contributed by atoms with van der Waals surface area (Å²) in [6.07, 6.45) is 3.46. The molecule has 0 aliphatic heterocycles. The molecule has 0 aliphatic rings. The SMILES string of the molecule is CC(C)N(CCOCCO)c1ncccn1. The summed E-state index contributed by atoms with van der Waals surface area (Å²) in [5, 5.41) is 8.59. The predicted molar refractivity (Wildman–Crippen MR) is 62.4 cm³/mol. The van der Waals surface area contributed by atoms with Crippen molar-refractivity contribution in [2.24, 2.45) is 0 Å². The lowest BCUT2D eigenvalue weighted by molar-refractivity contribution is 0.0960. The highest BCUT2D eigenvalue weighted by atomic mass is 16.5. The lowest BCUT2D eigenvalue weighted by Crippen LogP contribution is -2.35. The van der Waals surface area contributed by atoms with Gasteiger partial charge in [0.25, 0.3) is 0 Å². The van der Waals surface area contributed by atoms with Crippen LogP contribution in [0.4, 0.5) is 5.95 Å². The average molecular weight is 225 g/mol. The van der Waals surface area contributed by atoms with Gasteiger partial charge in [0, 0.05) is 25.0 Å². The summed E-state index contributed by atoms with van der Waals surface area (Å²) in [7, 11) is 0. The first-order valence-corrected chi connectivity index (χ1v) is 5.48. The van der Waals surface area contributed by atoms with Crippen LogP contribution in [0, 0.1) is 0 Å². The van der Waals surface area contributed by atoms with Crippen molar-refractivity contribution < 1.29 is 9.84 Å². The third-order valence-corrected chi connectivity index (χ3v) is 2.14. The maximum Gasteiger partial charge on any atom is 0.225 e. The van der Waals surface area contributed by atoms with E-state index >= 15 is 0 Å². The molecule has 5 nitrogen and oxygen atoms in total. The molecule has 90 valence electrons. The van der Waals surface area contributed by atoms with Gasteiger partial charge in [0.05, 0.1) is 19.8 Å². The first-order chi connectivity index (χ1) is 7.75. The number of aliphatic hydroxyl groups is 1. The predicted octanol–water partition coefficient (Wildman–Crippen LogP) is 0.700. The number of ether oxygens (including phenoxy) is 1. The molecule has 1 aromatic rings. The Morgan fingerprint density at radius 2 is 2.00 bits per heavy atom. The largest absolute Gasteiger partial charge is 0.394 e. The average Bonchev–Trinajstić information content (AvgIpc) is 2.30. The van der Waals surface area contributed by atoms with Gasteiger partial charge in [-0.2, -0.15) is 0 Å². The van der Waals surface area contributed by atoms with Gasteiger partial charge in [-0.25, -0.2) is 9.97 Å². The van der Waals surface area contributed by atoms with Crippen molar-refractivity contribution in [1.82, 2.24) is 9.97 Å². The van der Waals surface area contributed by atoms with E-state index in [0.717, 1.165) is 6.54 Å². The Morgan fingerprint density at radius 3 is 2.56 bits per heavy atom. The summed E-state index contributed by atoms with van der Waals surface area (Å²) < 4.78 is 5.24. The first-order valence-electron chi connectivity index (χ1n) is 5.48. The molecular formula is C11H19N3O2. The second-order valence-electron chi connectivity index (χ2n) is 3.67. The summed E-state index contributed by atoms with van der Waals surface area (Å²) in [6.45, 7) is 5.90. The van der Waals surface area contributed by atoms with Gasteiger partial charge in [-0.05, 0) is 19.9 Å². The number of hydrogen-bond donors (Lipinski definition) is 1. The van der Waals surface area contributed by atoms with Crippen LogP contribution in [0.3, 0.4) is 0 Å². The van der Waals surface area contributed by atoms with Crippen LogP contribution in [0.5, 0.6) is 0 Å². The van der Waals surface area contributed by atoms with E-state index in [4.69, 9.17) is 9.84 Å². The summed E-state index contributed by atoms with van der Waals surface area (Å²) in [5.74, 6) is 0.713. The van der Waals surface area contributed by atoms with Crippen molar-refractivity contribution in [2.45, 2.75) is 19.9 Å². The highest BCUT2D eigenvalue weighted by molar-refractivity contribution is 5.29. The van der Waals surface area contributed by atoms with Crippen LogP contribution < -0.4 is 4.90 Å². The number of aromatic nitrogens is 2. The van der Waals surface area contributed by atoms with E-state index in [1.165, 1.54) is 0 Å². The van der Waals surface area contributed by atoms with Crippen LogP contribution in [0.1, 0.15) is 13.8 Å². The molecule has 0 fully saturated rings. The Morgan fingerprint density at radius 1 is 1.31 bits per heavy atom. The monoisotopic (exact) mass is 225 g/mol. The molecule has 0 saturated carbocycles. The molecule has 0 amide bonds. The Labute approximate surface area is 96.1 Å². The van der Waals surface area contributed by atoms with Crippen LogP contribution in [-0.2, 0) is 4.74 Å². The molecule has 16 heavy (non-hydrogen) atoms. The molecule has 0 atom stereocenters. The van der Waals surface area contributed by atoms with E-state index < -0.39 is 0 Å². The molecule has 1 rings (SSSR count). The molecule has 0 unspecified atom stereocenters. The molecule has 0 saturated heterocycles. The Balaban J connectivity index is 2.49. The van der Waals surface area contributed by atoms with Gasteiger partial charge >= 0.3 is 0 Å². The number of rotatable bonds is 7. The van der Waals surface area contributed by atoms with Crippen molar-refractivity contribution in [3.05, 3.63) is 18.5 Å². The molecule has 0 radical (unpaired) electrons. The molecule has 0 spiro atoms. The van der Waals surface area contributed by atoms with Crippen LogP contribution in [0.15, 0.2) is 18.5 Å². The third-order valence-electron chi connectivity index (χ3n) is 2.14. The van der Waals surface area contributed by atoms with Gasteiger partial charge in [-0.15, -0.1) is 0 Å². The molecule has 0 aliphatic carbocycles. The maximum absolute atomic E-state index is 8.59. The van der Waals surface area contributed by atoms with E-state index in [1.807, 2.05) is 0 Å². The van der Waals surface area contributed by atoms with E-state index in [-0.39, 0.29) is 6.61 Å². The van der Waals surface area contributed by atoms with Crippen LogP contribution in [-0.4, -0.2) is 47.5 Å². The quantitative estimate of drug-likeness (QED) is 0.692. The maximum atomic E-state index is 8.59. The topological polar surface area (TPSA) is 58.5 Å². The second kappa shape index (κ2) is 7.14. The normalized spacial score (nSPS) is 10.8. The number of nitrogens with zero attached hydrogens (tertiary/aromatic N) is 3. The molecule has 1 N–H and O–H groups in total. The Kier molecular flexibility index (Phi) is 5.74. The lowest BCUT2D eigenvalue weighted by Gasteiger charge is -2.26. The van der Waals surface area contributed by atoms with Crippen LogP contribution in [0.25, 0.3) is 0 Å². The van der Waals surface area contributed by atoms with E-state index in [2.05, 4.69) is 28.7 Å². The second-order valence-corrected chi connectivity index (χ2v) is 3.67. The van der Waals surface area contributed by atoms with E-state index in [0.29, 0.717) is 25.2 Å². The number of hydrogen-bond acceptors (Lipinski definition) is 5. The zero-order valence-corrected chi connectivity index (χ0v) is 9.83. The summed E-state index contributed by atoms with van der Waals surface area (Å²) in [6, 6.07) is 2.12. The van der Waals surface area contributed by atoms with Crippen molar-refractivity contribution in [3.8, 4) is 0 Å². The van der Waals surface area contributed by atoms with Gasteiger partial charge in [-0.1, -0.05) is 0 Å². The van der Waals surface area contributed by atoms with Gasteiger partial charge in [-0.3, -0.25) is 0 Å². The van der Waals surface area contributed by atoms with Crippen molar-refractivity contribution in [2.75, 3.05) is 31.3 Å². The van der Waals surface area contributed by atoms with Gasteiger partial charge in [0.1, 0.15) is 0 Å². The smallest absolute Gasteiger partial charge is 0.225 e. The fourth-order valence-electron chi connectivity index (χ4n) is 1.36. The Hall–Kier alpha value is -1.20. The highest BCUT2D eigenvalue weighted by Gasteiger charge is 2.12. The van der Waals surface area contributed by atoms with Crippen molar-refractivity contribution >= 4 is 5.95 Å². The summed E-state index contributed by atoms with van der Waals surface area (Å²) >= 11 is 0. The van der Waals surface area contributed by atoms with Crippen LogP contribution in [0.2, 0.25) is 0 Å². The molecule has 5 heteroatoms. The lowest BCUT2D eigenvalue weighted by atomic mass is 10.3. The molecule has 0 bridgehead atoms. The van der Waals surface area contributed by atoms with E-state index in [9.17, 15) is 0 Å². The van der Waals surface area contributed by atoms with E-state index in [1.54, 1.807) is 18.5 Å². The van der Waals surface area contributed by atoms with Crippen molar-refractivity contribution in [1.29, 1.82) is 0 Å². The van der Waals surface area contributed by atoms with Gasteiger partial charge in [0.15, 0.2) is 0 Å². The summed E-state index contributed by atoms with van der Waals surface area (Å²) in [5.41, 5.74) is 0.